The van der Waals surface area contributed by atoms with E-state index in [2.05, 4.69) is 18.8 Å². The minimum Gasteiger partial charge on any atom is -0.352 e. The van der Waals surface area contributed by atoms with E-state index in [1.54, 1.807) is 0 Å². The lowest BCUT2D eigenvalue weighted by atomic mass is 10.1. The van der Waals surface area contributed by atoms with Crippen molar-refractivity contribution in [3.8, 4) is 0 Å². The lowest BCUT2D eigenvalue weighted by Crippen LogP contribution is -2.24. The number of benzene rings is 1. The van der Waals surface area contributed by atoms with E-state index in [9.17, 15) is 4.79 Å². The van der Waals surface area contributed by atoms with Crippen LogP contribution in [-0.2, 0) is 6.42 Å². The van der Waals surface area contributed by atoms with Crippen molar-refractivity contribution in [3.63, 3.8) is 0 Å². The molecule has 0 aromatic heterocycles. The SMILES string of the molecule is C=CCc1ccc(C(=O)NCCCCCCCCCCCC)cc1. The van der Waals surface area contributed by atoms with Gasteiger partial charge in [0.25, 0.3) is 5.91 Å². The van der Waals surface area contributed by atoms with Gasteiger partial charge in [0.2, 0.25) is 0 Å². The summed E-state index contributed by atoms with van der Waals surface area (Å²) in [6.45, 7) is 6.77. The van der Waals surface area contributed by atoms with Gasteiger partial charge in [0.15, 0.2) is 0 Å². The van der Waals surface area contributed by atoms with Gasteiger partial charge in [0.05, 0.1) is 0 Å². The van der Waals surface area contributed by atoms with Crippen LogP contribution in [0.4, 0.5) is 0 Å². The number of carbonyl (C=O) groups excluding carboxylic acids is 1. The maximum Gasteiger partial charge on any atom is 0.251 e. The largest absolute Gasteiger partial charge is 0.352 e. The Morgan fingerprint density at radius 1 is 0.917 bits per heavy atom. The fraction of sp³-hybridized carbons (Fsp3) is 0.591. The van der Waals surface area contributed by atoms with Gasteiger partial charge in [-0.05, 0) is 30.5 Å². The first-order valence-corrected chi connectivity index (χ1v) is 9.76. The predicted molar refractivity (Wildman–Crippen MR) is 105 cm³/mol. The van der Waals surface area contributed by atoms with Crippen molar-refractivity contribution in [1.82, 2.24) is 5.32 Å². The van der Waals surface area contributed by atoms with Crippen molar-refractivity contribution in [2.24, 2.45) is 0 Å². The Kier molecular flexibility index (Phi) is 11.8. The van der Waals surface area contributed by atoms with E-state index >= 15 is 0 Å². The number of unbranched alkanes of at least 4 members (excludes halogenated alkanes) is 9. The summed E-state index contributed by atoms with van der Waals surface area (Å²) in [7, 11) is 0. The molecule has 0 fully saturated rings. The second kappa shape index (κ2) is 13.8. The summed E-state index contributed by atoms with van der Waals surface area (Å²) < 4.78 is 0. The van der Waals surface area contributed by atoms with Gasteiger partial charge < -0.3 is 5.32 Å². The second-order valence-corrected chi connectivity index (χ2v) is 6.63. The number of amides is 1. The third-order valence-corrected chi connectivity index (χ3v) is 4.41. The molecule has 24 heavy (non-hydrogen) atoms. The summed E-state index contributed by atoms with van der Waals surface area (Å²) in [5, 5.41) is 3.02. The molecule has 0 saturated carbocycles. The Morgan fingerprint density at radius 3 is 2.00 bits per heavy atom. The van der Waals surface area contributed by atoms with Gasteiger partial charge >= 0.3 is 0 Å². The van der Waals surface area contributed by atoms with Crippen molar-refractivity contribution in [2.45, 2.75) is 77.6 Å². The highest BCUT2D eigenvalue weighted by Crippen LogP contribution is 2.10. The maximum absolute atomic E-state index is 12.0. The molecule has 1 aromatic rings. The normalized spacial score (nSPS) is 10.5. The summed E-state index contributed by atoms with van der Waals surface area (Å²) in [5.41, 5.74) is 1.94. The molecule has 0 atom stereocenters. The van der Waals surface area contributed by atoms with Crippen LogP contribution in [0.5, 0.6) is 0 Å². The molecule has 0 radical (unpaired) electrons. The van der Waals surface area contributed by atoms with Crippen LogP contribution in [0.3, 0.4) is 0 Å². The second-order valence-electron chi connectivity index (χ2n) is 6.63. The summed E-state index contributed by atoms with van der Waals surface area (Å²) in [6.07, 6.45) is 15.9. The highest BCUT2D eigenvalue weighted by molar-refractivity contribution is 5.94. The average Bonchev–Trinajstić information content (AvgIpc) is 2.60. The van der Waals surface area contributed by atoms with Crippen LogP contribution < -0.4 is 5.32 Å². The molecule has 1 aromatic carbocycles. The molecular weight excluding hydrogens is 294 g/mol. The van der Waals surface area contributed by atoms with Crippen molar-refractivity contribution in [3.05, 3.63) is 48.0 Å². The smallest absolute Gasteiger partial charge is 0.251 e. The average molecular weight is 330 g/mol. The van der Waals surface area contributed by atoms with Crippen LogP contribution >= 0.6 is 0 Å². The molecule has 0 heterocycles. The summed E-state index contributed by atoms with van der Waals surface area (Å²) >= 11 is 0. The van der Waals surface area contributed by atoms with E-state index < -0.39 is 0 Å². The first kappa shape index (κ1) is 20.5. The van der Waals surface area contributed by atoms with E-state index in [0.717, 1.165) is 24.9 Å². The van der Waals surface area contributed by atoms with E-state index in [1.807, 2.05) is 30.3 Å². The van der Waals surface area contributed by atoms with Crippen LogP contribution in [0.15, 0.2) is 36.9 Å². The van der Waals surface area contributed by atoms with Gasteiger partial charge in [-0.3, -0.25) is 4.79 Å². The molecule has 0 saturated heterocycles. The highest BCUT2D eigenvalue weighted by Gasteiger charge is 2.04. The predicted octanol–water partition coefficient (Wildman–Crippen LogP) is 6.07. The van der Waals surface area contributed by atoms with E-state index in [4.69, 9.17) is 0 Å². The van der Waals surface area contributed by atoms with Gasteiger partial charge in [-0.2, -0.15) is 0 Å². The first-order valence-electron chi connectivity index (χ1n) is 9.76. The van der Waals surface area contributed by atoms with Crippen LogP contribution in [0, 0.1) is 0 Å². The molecular formula is C22H35NO. The van der Waals surface area contributed by atoms with Gasteiger partial charge in [0.1, 0.15) is 0 Å². The summed E-state index contributed by atoms with van der Waals surface area (Å²) in [4.78, 5) is 12.0. The minimum absolute atomic E-state index is 0.0380. The minimum atomic E-state index is 0.0380. The molecule has 1 amide bonds. The number of hydrogen-bond donors (Lipinski definition) is 1. The standard InChI is InChI=1S/C22H35NO/c1-3-5-6-7-8-9-10-11-12-13-19-23-22(24)21-17-15-20(14-4-2)16-18-21/h4,15-18H,2-3,5-14,19H2,1H3,(H,23,24). The molecule has 1 N–H and O–H groups in total. The monoisotopic (exact) mass is 329 g/mol. The molecule has 0 bridgehead atoms. The topological polar surface area (TPSA) is 29.1 Å². The van der Waals surface area contributed by atoms with Crippen LogP contribution in [0.2, 0.25) is 0 Å². The van der Waals surface area contributed by atoms with Crippen LogP contribution in [0.25, 0.3) is 0 Å². The molecule has 0 aliphatic heterocycles. The zero-order valence-electron chi connectivity index (χ0n) is 15.5. The molecule has 1 rings (SSSR count). The van der Waals surface area contributed by atoms with Gasteiger partial charge in [-0.15, -0.1) is 6.58 Å². The van der Waals surface area contributed by atoms with E-state index in [1.165, 1.54) is 63.4 Å². The van der Waals surface area contributed by atoms with E-state index in [-0.39, 0.29) is 5.91 Å². The third kappa shape index (κ3) is 9.54. The molecule has 0 aliphatic rings. The molecule has 0 unspecified atom stereocenters. The Bertz CT molecular complexity index is 450. The van der Waals surface area contributed by atoms with Gasteiger partial charge in [-0.1, -0.05) is 82.9 Å². The molecule has 2 nitrogen and oxygen atoms in total. The maximum atomic E-state index is 12.0. The third-order valence-electron chi connectivity index (χ3n) is 4.41. The Hall–Kier alpha value is -1.57. The van der Waals surface area contributed by atoms with Gasteiger partial charge in [0, 0.05) is 12.1 Å². The lowest BCUT2D eigenvalue weighted by molar-refractivity contribution is 0.0953. The van der Waals surface area contributed by atoms with Gasteiger partial charge in [-0.25, -0.2) is 0 Å². The number of hydrogen-bond acceptors (Lipinski definition) is 1. The molecule has 134 valence electrons. The Balaban J connectivity index is 2.00. The number of carbonyl (C=O) groups is 1. The van der Waals surface area contributed by atoms with Crippen LogP contribution in [0.1, 0.15) is 87.1 Å². The fourth-order valence-electron chi connectivity index (χ4n) is 2.88. The van der Waals surface area contributed by atoms with Crippen molar-refractivity contribution < 1.29 is 4.79 Å². The zero-order chi connectivity index (χ0) is 17.5. The number of allylic oxidation sites excluding steroid dienone is 1. The summed E-state index contributed by atoms with van der Waals surface area (Å²) in [5.74, 6) is 0.0380. The van der Waals surface area contributed by atoms with E-state index in [0.29, 0.717) is 0 Å². The molecule has 0 aliphatic carbocycles. The first-order chi connectivity index (χ1) is 11.8. The zero-order valence-corrected chi connectivity index (χ0v) is 15.5. The van der Waals surface area contributed by atoms with Crippen molar-refractivity contribution in [1.29, 1.82) is 0 Å². The fourth-order valence-corrected chi connectivity index (χ4v) is 2.88. The Labute approximate surface area is 148 Å². The van der Waals surface area contributed by atoms with Crippen molar-refractivity contribution >= 4 is 5.91 Å². The molecule has 2 heteroatoms. The number of rotatable bonds is 14. The lowest BCUT2D eigenvalue weighted by Gasteiger charge is -2.06. The highest BCUT2D eigenvalue weighted by atomic mass is 16.1. The van der Waals surface area contributed by atoms with Crippen LogP contribution in [-0.4, -0.2) is 12.5 Å². The Morgan fingerprint density at radius 2 is 1.46 bits per heavy atom. The molecule has 0 spiro atoms. The summed E-state index contributed by atoms with van der Waals surface area (Å²) in [6, 6.07) is 7.79. The number of nitrogens with one attached hydrogen (secondary N) is 1. The quantitative estimate of drug-likeness (QED) is 0.326. The van der Waals surface area contributed by atoms with Crippen molar-refractivity contribution in [2.75, 3.05) is 6.54 Å².